The van der Waals surface area contributed by atoms with Gasteiger partial charge in [-0.05, 0) is 24.8 Å². The van der Waals surface area contributed by atoms with Crippen molar-refractivity contribution in [2.75, 3.05) is 5.32 Å². The highest BCUT2D eigenvalue weighted by Crippen LogP contribution is 2.34. The standard InChI is InChI=1S/C16H15N5O3S2/c17-13(23)9-6-18-16(26-9)21-11(22)5-4-10-19-14(24)12-7-2-1-3-8(7)25-15(12)20-10/h6H,1-5H2,(H2,17,23)(H,18,21,22)(H,19,20,24). The number of nitrogens with two attached hydrogens (primary N) is 1. The van der Waals surface area contributed by atoms with Crippen molar-refractivity contribution in [1.82, 2.24) is 15.0 Å². The van der Waals surface area contributed by atoms with Crippen LogP contribution in [0.1, 0.15) is 38.8 Å². The highest BCUT2D eigenvalue weighted by atomic mass is 32.1. The zero-order valence-corrected chi connectivity index (χ0v) is 15.3. The molecular weight excluding hydrogens is 374 g/mol. The van der Waals surface area contributed by atoms with E-state index in [0.717, 1.165) is 41.0 Å². The molecule has 0 saturated heterocycles. The summed E-state index contributed by atoms with van der Waals surface area (Å²) in [5.41, 5.74) is 6.16. The number of H-pyrrole nitrogens is 1. The van der Waals surface area contributed by atoms with E-state index in [2.05, 4.69) is 20.3 Å². The first-order valence-electron chi connectivity index (χ1n) is 8.10. The smallest absolute Gasteiger partial charge is 0.260 e. The number of aromatic amines is 1. The summed E-state index contributed by atoms with van der Waals surface area (Å²) in [6.07, 6.45) is 4.81. The number of nitrogens with zero attached hydrogens (tertiary/aromatic N) is 2. The van der Waals surface area contributed by atoms with E-state index in [1.165, 1.54) is 11.1 Å². The maximum absolute atomic E-state index is 12.4. The number of primary amides is 1. The van der Waals surface area contributed by atoms with Gasteiger partial charge in [-0.25, -0.2) is 9.97 Å². The zero-order valence-electron chi connectivity index (χ0n) is 13.6. The SMILES string of the molecule is NC(=O)c1cnc(NC(=O)CCc2nc3sc4c(c3c(=O)[nH]2)CCC4)s1. The number of hydrogen-bond acceptors (Lipinski definition) is 7. The molecule has 3 aromatic rings. The molecule has 0 atom stereocenters. The molecule has 0 aliphatic heterocycles. The van der Waals surface area contributed by atoms with Crippen LogP contribution in [0.5, 0.6) is 0 Å². The van der Waals surface area contributed by atoms with Crippen LogP contribution in [0.25, 0.3) is 10.2 Å². The first-order chi connectivity index (χ1) is 12.5. The van der Waals surface area contributed by atoms with Gasteiger partial charge in [0, 0.05) is 17.7 Å². The van der Waals surface area contributed by atoms with E-state index in [1.807, 2.05) is 0 Å². The molecular formula is C16H15N5O3S2. The number of fused-ring (bicyclic) bond motifs is 3. The number of thiophene rings is 1. The van der Waals surface area contributed by atoms with E-state index < -0.39 is 5.91 Å². The minimum absolute atomic E-state index is 0.129. The van der Waals surface area contributed by atoms with Crippen molar-refractivity contribution >= 4 is 49.8 Å². The van der Waals surface area contributed by atoms with Crippen LogP contribution in [0.15, 0.2) is 11.0 Å². The van der Waals surface area contributed by atoms with Crippen LogP contribution < -0.4 is 16.6 Å². The Morgan fingerprint density at radius 1 is 1.31 bits per heavy atom. The molecule has 8 nitrogen and oxygen atoms in total. The Kier molecular flexibility index (Phi) is 4.29. The summed E-state index contributed by atoms with van der Waals surface area (Å²) in [4.78, 5) is 49.0. The third kappa shape index (κ3) is 3.13. The van der Waals surface area contributed by atoms with Crippen LogP contribution in [0, 0.1) is 0 Å². The number of aromatic nitrogens is 3. The Morgan fingerprint density at radius 2 is 2.15 bits per heavy atom. The lowest BCUT2D eigenvalue weighted by Gasteiger charge is -2.02. The monoisotopic (exact) mass is 389 g/mol. The molecule has 0 saturated carbocycles. The lowest BCUT2D eigenvalue weighted by atomic mass is 10.2. The number of thiazole rings is 1. The Balaban J connectivity index is 1.45. The van der Waals surface area contributed by atoms with E-state index in [4.69, 9.17) is 5.73 Å². The van der Waals surface area contributed by atoms with Gasteiger partial charge in [0.15, 0.2) is 5.13 Å². The summed E-state index contributed by atoms with van der Waals surface area (Å²) in [5, 5.41) is 3.64. The number of nitrogens with one attached hydrogen (secondary N) is 2. The average molecular weight is 389 g/mol. The van der Waals surface area contributed by atoms with Crippen molar-refractivity contribution in [3.63, 3.8) is 0 Å². The zero-order chi connectivity index (χ0) is 18.3. The van der Waals surface area contributed by atoms with Gasteiger partial charge in [-0.1, -0.05) is 11.3 Å². The molecule has 0 unspecified atom stereocenters. The largest absolute Gasteiger partial charge is 0.365 e. The van der Waals surface area contributed by atoms with Gasteiger partial charge in [-0.3, -0.25) is 14.4 Å². The van der Waals surface area contributed by atoms with Crippen LogP contribution in [-0.2, 0) is 24.1 Å². The fourth-order valence-electron chi connectivity index (χ4n) is 3.02. The minimum atomic E-state index is -0.582. The van der Waals surface area contributed by atoms with Crippen LogP contribution in [0.2, 0.25) is 0 Å². The molecule has 2 amide bonds. The molecule has 1 aliphatic carbocycles. The van der Waals surface area contributed by atoms with Crippen LogP contribution in [0.4, 0.5) is 5.13 Å². The van der Waals surface area contributed by atoms with Crippen LogP contribution in [0.3, 0.4) is 0 Å². The van der Waals surface area contributed by atoms with Gasteiger partial charge < -0.3 is 16.0 Å². The molecule has 0 aromatic carbocycles. The number of carbonyl (C=O) groups excluding carboxylic acids is 2. The molecule has 3 aromatic heterocycles. The Hall–Kier alpha value is -2.59. The fraction of sp³-hybridized carbons (Fsp3) is 0.312. The normalized spacial score (nSPS) is 13.1. The van der Waals surface area contributed by atoms with E-state index in [0.29, 0.717) is 22.8 Å². The topological polar surface area (TPSA) is 131 Å². The van der Waals surface area contributed by atoms with E-state index in [-0.39, 0.29) is 22.8 Å². The Morgan fingerprint density at radius 3 is 2.92 bits per heavy atom. The quantitative estimate of drug-likeness (QED) is 0.610. The van der Waals surface area contributed by atoms with Crippen molar-refractivity contribution in [2.45, 2.75) is 32.1 Å². The third-order valence-electron chi connectivity index (χ3n) is 4.21. The molecule has 1 aliphatic rings. The number of aryl methyl sites for hydroxylation is 3. The predicted octanol–water partition coefficient (Wildman–Crippen LogP) is 1.60. The maximum Gasteiger partial charge on any atom is 0.260 e. The molecule has 0 radical (unpaired) electrons. The number of hydrogen-bond donors (Lipinski definition) is 3. The van der Waals surface area contributed by atoms with Gasteiger partial charge in [0.05, 0.1) is 11.6 Å². The molecule has 0 spiro atoms. The number of amides is 2. The molecule has 3 heterocycles. The molecule has 26 heavy (non-hydrogen) atoms. The van der Waals surface area contributed by atoms with E-state index >= 15 is 0 Å². The Bertz CT molecular complexity index is 1080. The number of carbonyl (C=O) groups is 2. The summed E-state index contributed by atoms with van der Waals surface area (Å²) in [5.74, 6) is -0.359. The van der Waals surface area contributed by atoms with Crippen molar-refractivity contribution in [1.29, 1.82) is 0 Å². The first-order valence-corrected chi connectivity index (χ1v) is 9.73. The molecule has 4 rings (SSSR count). The lowest BCUT2D eigenvalue weighted by Crippen LogP contribution is -2.16. The number of anilines is 1. The third-order valence-corrected chi connectivity index (χ3v) is 6.32. The van der Waals surface area contributed by atoms with Gasteiger partial charge in [-0.2, -0.15) is 0 Å². The summed E-state index contributed by atoms with van der Waals surface area (Å²) < 4.78 is 0. The second-order valence-corrected chi connectivity index (χ2v) is 8.11. The molecule has 134 valence electrons. The van der Waals surface area contributed by atoms with Crippen LogP contribution in [-0.4, -0.2) is 26.8 Å². The van der Waals surface area contributed by atoms with Crippen molar-refractivity contribution in [3.05, 3.63) is 37.7 Å². The molecule has 0 fully saturated rings. The second-order valence-electron chi connectivity index (χ2n) is 5.99. The van der Waals surface area contributed by atoms with Gasteiger partial charge in [0.25, 0.3) is 11.5 Å². The van der Waals surface area contributed by atoms with Gasteiger partial charge >= 0.3 is 0 Å². The predicted molar refractivity (Wildman–Crippen MR) is 99.8 cm³/mol. The maximum atomic E-state index is 12.4. The van der Waals surface area contributed by atoms with E-state index in [1.54, 1.807) is 11.3 Å². The molecule has 0 bridgehead atoms. The van der Waals surface area contributed by atoms with Crippen LogP contribution >= 0.6 is 22.7 Å². The average Bonchev–Trinajstić information content (AvgIpc) is 3.27. The lowest BCUT2D eigenvalue weighted by molar-refractivity contribution is -0.116. The highest BCUT2D eigenvalue weighted by molar-refractivity contribution is 7.19. The minimum Gasteiger partial charge on any atom is -0.365 e. The highest BCUT2D eigenvalue weighted by Gasteiger charge is 2.21. The number of rotatable bonds is 5. The van der Waals surface area contributed by atoms with Crippen molar-refractivity contribution < 1.29 is 9.59 Å². The summed E-state index contributed by atoms with van der Waals surface area (Å²) in [7, 11) is 0. The Labute approximate surface area is 155 Å². The van der Waals surface area contributed by atoms with Crippen molar-refractivity contribution in [2.24, 2.45) is 5.73 Å². The molecule has 4 N–H and O–H groups in total. The van der Waals surface area contributed by atoms with Gasteiger partial charge in [-0.15, -0.1) is 11.3 Å². The summed E-state index contributed by atoms with van der Waals surface area (Å²) in [6, 6.07) is 0. The first kappa shape index (κ1) is 16.9. The van der Waals surface area contributed by atoms with E-state index in [9.17, 15) is 14.4 Å². The second kappa shape index (κ2) is 6.61. The van der Waals surface area contributed by atoms with Gasteiger partial charge in [0.1, 0.15) is 15.5 Å². The fourth-order valence-corrected chi connectivity index (χ4v) is 4.99. The molecule has 10 heteroatoms. The summed E-state index contributed by atoms with van der Waals surface area (Å²) in [6.45, 7) is 0. The van der Waals surface area contributed by atoms with Crippen molar-refractivity contribution in [3.8, 4) is 0 Å². The summed E-state index contributed by atoms with van der Waals surface area (Å²) >= 11 is 2.59. The van der Waals surface area contributed by atoms with Gasteiger partial charge in [0.2, 0.25) is 5.91 Å².